The molecule has 1 atom stereocenters. The molecule has 0 spiro atoms. The van der Waals surface area contributed by atoms with Crippen molar-refractivity contribution in [3.05, 3.63) is 59.9 Å². The van der Waals surface area contributed by atoms with E-state index in [1.165, 1.54) is 24.8 Å². The molecule has 1 aliphatic heterocycles. The van der Waals surface area contributed by atoms with Gasteiger partial charge in [0.15, 0.2) is 0 Å². The molecule has 1 fully saturated rings. The largest absolute Gasteiger partial charge is 0.494 e. The maximum Gasteiger partial charge on any atom is 0.119 e. The molecule has 0 radical (unpaired) electrons. The van der Waals surface area contributed by atoms with Crippen LogP contribution in [0.25, 0.3) is 0 Å². The first-order valence-electron chi connectivity index (χ1n) is 9.41. The Bertz CT molecular complexity index is 607. The van der Waals surface area contributed by atoms with Crippen LogP contribution in [-0.2, 0) is 13.1 Å². The summed E-state index contributed by atoms with van der Waals surface area (Å²) >= 11 is 0. The predicted molar refractivity (Wildman–Crippen MR) is 102 cm³/mol. The first-order valence-corrected chi connectivity index (χ1v) is 9.41. The molecule has 0 aliphatic carbocycles. The van der Waals surface area contributed by atoms with Gasteiger partial charge in [-0.05, 0) is 69.1 Å². The van der Waals surface area contributed by atoms with Crippen LogP contribution in [0.5, 0.6) is 5.75 Å². The van der Waals surface area contributed by atoms with Crippen LogP contribution in [0.3, 0.4) is 0 Å². The zero-order valence-corrected chi connectivity index (χ0v) is 15.2. The quantitative estimate of drug-likeness (QED) is 0.836. The van der Waals surface area contributed by atoms with Gasteiger partial charge in [-0.2, -0.15) is 0 Å². The van der Waals surface area contributed by atoms with E-state index < -0.39 is 0 Å². The molecule has 0 amide bonds. The third kappa shape index (κ3) is 5.55. The smallest absolute Gasteiger partial charge is 0.119 e. The Labute approximate surface area is 151 Å². The normalized spacial score (nSPS) is 18.1. The van der Waals surface area contributed by atoms with Gasteiger partial charge in [-0.25, -0.2) is 0 Å². The van der Waals surface area contributed by atoms with E-state index >= 15 is 0 Å². The maximum absolute atomic E-state index is 5.56. The SMILES string of the molecule is CCOc1ccc(CN(Cc2ccccn2)C2CCCNCC2)cc1. The second-order valence-corrected chi connectivity index (χ2v) is 6.64. The summed E-state index contributed by atoms with van der Waals surface area (Å²) < 4.78 is 5.56. The first-order chi connectivity index (χ1) is 12.3. The fraction of sp³-hybridized carbons (Fsp3) is 0.476. The topological polar surface area (TPSA) is 37.4 Å². The van der Waals surface area contributed by atoms with Crippen molar-refractivity contribution < 1.29 is 4.74 Å². The van der Waals surface area contributed by atoms with E-state index in [4.69, 9.17) is 4.74 Å². The van der Waals surface area contributed by atoms with E-state index in [2.05, 4.69) is 51.6 Å². The van der Waals surface area contributed by atoms with Crippen molar-refractivity contribution in [3.8, 4) is 5.75 Å². The minimum Gasteiger partial charge on any atom is -0.494 e. The van der Waals surface area contributed by atoms with Crippen LogP contribution in [0.1, 0.15) is 37.4 Å². The Hall–Kier alpha value is -1.91. The molecule has 2 aromatic rings. The minimum absolute atomic E-state index is 0.601. The lowest BCUT2D eigenvalue weighted by Gasteiger charge is -2.31. The molecule has 1 aliphatic rings. The zero-order chi connectivity index (χ0) is 17.3. The van der Waals surface area contributed by atoms with Crippen molar-refractivity contribution in [2.75, 3.05) is 19.7 Å². The first kappa shape index (κ1) is 17.9. The Morgan fingerprint density at radius 1 is 1.08 bits per heavy atom. The lowest BCUT2D eigenvalue weighted by atomic mass is 10.1. The number of pyridine rings is 1. The van der Waals surface area contributed by atoms with Crippen LogP contribution in [0.15, 0.2) is 48.7 Å². The Kier molecular flexibility index (Phi) is 6.83. The maximum atomic E-state index is 5.56. The molecule has 134 valence electrons. The third-order valence-corrected chi connectivity index (χ3v) is 4.77. The highest BCUT2D eigenvalue weighted by atomic mass is 16.5. The molecule has 4 heteroatoms. The number of benzene rings is 1. The lowest BCUT2D eigenvalue weighted by Crippen LogP contribution is -2.35. The highest BCUT2D eigenvalue weighted by molar-refractivity contribution is 5.27. The van der Waals surface area contributed by atoms with Gasteiger partial charge in [-0.3, -0.25) is 9.88 Å². The fourth-order valence-corrected chi connectivity index (χ4v) is 3.47. The summed E-state index contributed by atoms with van der Waals surface area (Å²) in [5, 5.41) is 3.52. The number of rotatable bonds is 7. The monoisotopic (exact) mass is 339 g/mol. The predicted octanol–water partition coefficient (Wildman–Crippen LogP) is 3.62. The van der Waals surface area contributed by atoms with Crippen molar-refractivity contribution in [2.45, 2.75) is 45.3 Å². The van der Waals surface area contributed by atoms with Crippen LogP contribution in [0, 0.1) is 0 Å². The molecule has 1 aromatic carbocycles. The Morgan fingerprint density at radius 3 is 2.72 bits per heavy atom. The Balaban J connectivity index is 1.72. The lowest BCUT2D eigenvalue weighted by molar-refractivity contribution is 0.162. The molecular formula is C21H29N3O. The molecule has 1 N–H and O–H groups in total. The van der Waals surface area contributed by atoms with E-state index in [1.807, 2.05) is 19.2 Å². The van der Waals surface area contributed by atoms with Crippen molar-refractivity contribution >= 4 is 0 Å². The van der Waals surface area contributed by atoms with Crippen LogP contribution < -0.4 is 10.1 Å². The molecule has 0 bridgehead atoms. The molecular weight excluding hydrogens is 310 g/mol. The number of aromatic nitrogens is 1. The molecule has 1 saturated heterocycles. The molecule has 25 heavy (non-hydrogen) atoms. The van der Waals surface area contributed by atoms with E-state index in [-0.39, 0.29) is 0 Å². The van der Waals surface area contributed by atoms with Gasteiger partial charge in [0.25, 0.3) is 0 Å². The molecule has 4 nitrogen and oxygen atoms in total. The van der Waals surface area contributed by atoms with E-state index in [1.54, 1.807) is 0 Å². The van der Waals surface area contributed by atoms with Gasteiger partial charge in [0.1, 0.15) is 5.75 Å². The summed E-state index contributed by atoms with van der Waals surface area (Å²) in [6.45, 7) is 6.82. The van der Waals surface area contributed by atoms with Gasteiger partial charge in [-0.1, -0.05) is 18.2 Å². The molecule has 0 saturated carbocycles. The van der Waals surface area contributed by atoms with Gasteiger partial charge >= 0.3 is 0 Å². The van der Waals surface area contributed by atoms with Crippen molar-refractivity contribution in [3.63, 3.8) is 0 Å². The number of nitrogens with one attached hydrogen (secondary N) is 1. The molecule has 2 heterocycles. The van der Waals surface area contributed by atoms with Crippen LogP contribution in [-0.4, -0.2) is 35.6 Å². The standard InChI is InChI=1S/C21H29N3O/c1-2-25-21-10-8-18(9-11-21)16-24(17-19-6-3-4-14-23-19)20-7-5-13-22-15-12-20/h3-4,6,8-11,14,20,22H,2,5,7,12-13,15-17H2,1H3. The van der Waals surface area contributed by atoms with Crippen molar-refractivity contribution in [1.82, 2.24) is 15.2 Å². The minimum atomic E-state index is 0.601. The summed E-state index contributed by atoms with van der Waals surface area (Å²) in [7, 11) is 0. The fourth-order valence-electron chi connectivity index (χ4n) is 3.47. The number of nitrogens with zero attached hydrogens (tertiary/aromatic N) is 2. The van der Waals surface area contributed by atoms with E-state index in [9.17, 15) is 0 Å². The average molecular weight is 339 g/mol. The third-order valence-electron chi connectivity index (χ3n) is 4.77. The van der Waals surface area contributed by atoms with Gasteiger partial charge < -0.3 is 10.1 Å². The van der Waals surface area contributed by atoms with Crippen LogP contribution in [0.4, 0.5) is 0 Å². The van der Waals surface area contributed by atoms with Gasteiger partial charge in [0.2, 0.25) is 0 Å². The summed E-state index contributed by atoms with van der Waals surface area (Å²) in [5.74, 6) is 0.946. The summed E-state index contributed by atoms with van der Waals surface area (Å²) in [4.78, 5) is 7.13. The average Bonchev–Trinajstić information content (AvgIpc) is 2.93. The van der Waals surface area contributed by atoms with Gasteiger partial charge in [0, 0.05) is 25.3 Å². The van der Waals surface area contributed by atoms with E-state index in [0.717, 1.165) is 37.6 Å². The number of hydrogen-bond acceptors (Lipinski definition) is 4. The molecule has 3 rings (SSSR count). The highest BCUT2D eigenvalue weighted by Crippen LogP contribution is 2.20. The molecule has 1 aromatic heterocycles. The van der Waals surface area contributed by atoms with Crippen LogP contribution >= 0.6 is 0 Å². The number of ether oxygens (including phenoxy) is 1. The highest BCUT2D eigenvalue weighted by Gasteiger charge is 2.21. The zero-order valence-electron chi connectivity index (χ0n) is 15.2. The summed E-state index contributed by atoms with van der Waals surface area (Å²) in [5.41, 5.74) is 2.47. The second kappa shape index (κ2) is 9.54. The summed E-state index contributed by atoms with van der Waals surface area (Å²) in [6.07, 6.45) is 5.58. The molecule has 1 unspecified atom stereocenters. The second-order valence-electron chi connectivity index (χ2n) is 6.64. The Morgan fingerprint density at radius 2 is 1.96 bits per heavy atom. The van der Waals surface area contributed by atoms with Gasteiger partial charge in [0.05, 0.1) is 12.3 Å². The van der Waals surface area contributed by atoms with Gasteiger partial charge in [-0.15, -0.1) is 0 Å². The van der Waals surface area contributed by atoms with Crippen molar-refractivity contribution in [1.29, 1.82) is 0 Å². The van der Waals surface area contributed by atoms with Crippen LogP contribution in [0.2, 0.25) is 0 Å². The van der Waals surface area contributed by atoms with E-state index in [0.29, 0.717) is 12.6 Å². The van der Waals surface area contributed by atoms with Crippen molar-refractivity contribution in [2.24, 2.45) is 0 Å². The number of hydrogen-bond donors (Lipinski definition) is 1. The summed E-state index contributed by atoms with van der Waals surface area (Å²) in [6, 6.07) is 15.3.